The van der Waals surface area contributed by atoms with Gasteiger partial charge in [0.2, 0.25) is 0 Å². The lowest BCUT2D eigenvalue weighted by Crippen LogP contribution is -2.69. The van der Waals surface area contributed by atoms with Gasteiger partial charge in [0, 0.05) is 37.6 Å². The normalized spacial score (nSPS) is 38.0. The Bertz CT molecular complexity index is 619. The first-order valence-corrected chi connectivity index (χ1v) is 11.2. The minimum Gasteiger partial charge on any atom is -0.377 e. The van der Waals surface area contributed by atoms with E-state index in [1.54, 1.807) is 7.05 Å². The molecule has 2 aliphatic heterocycles. The molecule has 2 aliphatic carbocycles. The highest BCUT2D eigenvalue weighted by Gasteiger charge is 2.65. The van der Waals surface area contributed by atoms with Crippen molar-refractivity contribution in [2.45, 2.75) is 50.7 Å². The van der Waals surface area contributed by atoms with Crippen molar-refractivity contribution in [2.24, 2.45) is 22.2 Å². The van der Waals surface area contributed by atoms with E-state index in [1.807, 2.05) is 0 Å². The van der Waals surface area contributed by atoms with Crippen molar-refractivity contribution in [3.8, 4) is 0 Å². The SMILES string of the molecule is CN=C(NCC1CCS(=O)(=O)C1)NC1C2CCOC2C12CCCC2.I. The van der Waals surface area contributed by atoms with Crippen LogP contribution in [-0.2, 0) is 14.6 Å². The fraction of sp³-hybridized carbons (Fsp3) is 0.941. The van der Waals surface area contributed by atoms with Crippen molar-refractivity contribution in [2.75, 3.05) is 31.7 Å². The number of fused-ring (bicyclic) bond motifs is 2. The van der Waals surface area contributed by atoms with Crippen LogP contribution in [0.5, 0.6) is 0 Å². The summed E-state index contributed by atoms with van der Waals surface area (Å²) < 4.78 is 29.2. The number of guanidine groups is 1. The molecule has 1 spiro atoms. The molecule has 25 heavy (non-hydrogen) atoms. The molecule has 4 unspecified atom stereocenters. The Kier molecular flexibility index (Phi) is 5.90. The fourth-order valence-corrected chi connectivity index (χ4v) is 7.38. The molecule has 0 aromatic heterocycles. The van der Waals surface area contributed by atoms with Crippen LogP contribution in [0, 0.1) is 17.3 Å². The zero-order chi connectivity index (χ0) is 16.8. The van der Waals surface area contributed by atoms with Crippen molar-refractivity contribution >= 4 is 39.8 Å². The fourth-order valence-electron chi connectivity index (χ4n) is 5.52. The summed E-state index contributed by atoms with van der Waals surface area (Å²) >= 11 is 0. The van der Waals surface area contributed by atoms with E-state index in [4.69, 9.17) is 4.74 Å². The van der Waals surface area contributed by atoms with Crippen molar-refractivity contribution in [1.29, 1.82) is 0 Å². The molecule has 2 saturated heterocycles. The van der Waals surface area contributed by atoms with E-state index in [1.165, 1.54) is 25.7 Å². The van der Waals surface area contributed by atoms with Gasteiger partial charge in [0.15, 0.2) is 15.8 Å². The Hall–Kier alpha value is -0.0900. The Morgan fingerprint density at radius 2 is 2.04 bits per heavy atom. The second-order valence-electron chi connectivity index (χ2n) is 8.03. The van der Waals surface area contributed by atoms with Crippen molar-refractivity contribution in [1.82, 2.24) is 10.6 Å². The van der Waals surface area contributed by atoms with Gasteiger partial charge in [0.1, 0.15) is 0 Å². The van der Waals surface area contributed by atoms with E-state index in [-0.39, 0.29) is 29.9 Å². The number of aliphatic imine (C=N–C) groups is 1. The summed E-state index contributed by atoms with van der Waals surface area (Å²) in [7, 11) is -1.02. The van der Waals surface area contributed by atoms with Crippen molar-refractivity contribution < 1.29 is 13.2 Å². The Morgan fingerprint density at radius 3 is 2.68 bits per heavy atom. The van der Waals surface area contributed by atoms with Gasteiger partial charge >= 0.3 is 0 Å². The van der Waals surface area contributed by atoms with Gasteiger partial charge in [-0.15, -0.1) is 24.0 Å². The highest BCUT2D eigenvalue weighted by atomic mass is 127. The highest BCUT2D eigenvalue weighted by Crippen LogP contribution is 2.60. The van der Waals surface area contributed by atoms with E-state index in [2.05, 4.69) is 15.6 Å². The number of nitrogens with zero attached hydrogens (tertiary/aromatic N) is 1. The molecule has 2 N–H and O–H groups in total. The molecule has 2 saturated carbocycles. The summed E-state index contributed by atoms with van der Waals surface area (Å²) in [6.45, 7) is 1.57. The molecule has 0 bridgehead atoms. The minimum absolute atomic E-state index is 0. The lowest BCUT2D eigenvalue weighted by atomic mass is 9.54. The van der Waals surface area contributed by atoms with Crippen LogP contribution in [0.1, 0.15) is 38.5 Å². The zero-order valence-corrected chi connectivity index (χ0v) is 18.0. The average Bonchev–Trinajstić information content (AvgIpc) is 3.26. The van der Waals surface area contributed by atoms with Gasteiger partial charge in [-0.25, -0.2) is 8.42 Å². The molecule has 4 rings (SSSR count). The Balaban J connectivity index is 0.00000182. The third-order valence-electron chi connectivity index (χ3n) is 6.69. The van der Waals surface area contributed by atoms with Gasteiger partial charge in [-0.3, -0.25) is 4.99 Å². The van der Waals surface area contributed by atoms with Crippen LogP contribution >= 0.6 is 24.0 Å². The number of sulfone groups is 1. The van der Waals surface area contributed by atoms with Crippen LogP contribution in [0.3, 0.4) is 0 Å². The van der Waals surface area contributed by atoms with E-state index < -0.39 is 9.84 Å². The number of hydrogen-bond donors (Lipinski definition) is 2. The number of ether oxygens (including phenoxy) is 1. The van der Waals surface area contributed by atoms with Crippen molar-refractivity contribution in [3.05, 3.63) is 0 Å². The van der Waals surface area contributed by atoms with Gasteiger partial charge in [-0.05, 0) is 31.6 Å². The van der Waals surface area contributed by atoms with Gasteiger partial charge in [0.25, 0.3) is 0 Å². The maximum Gasteiger partial charge on any atom is 0.191 e. The monoisotopic (exact) mass is 483 g/mol. The summed E-state index contributed by atoms with van der Waals surface area (Å²) in [5.74, 6) is 2.27. The summed E-state index contributed by atoms with van der Waals surface area (Å²) in [5, 5.41) is 7.03. The Labute approximate surface area is 167 Å². The molecule has 6 nitrogen and oxygen atoms in total. The topological polar surface area (TPSA) is 79.8 Å². The van der Waals surface area contributed by atoms with Gasteiger partial charge in [0.05, 0.1) is 17.6 Å². The lowest BCUT2D eigenvalue weighted by Gasteiger charge is -2.57. The highest BCUT2D eigenvalue weighted by molar-refractivity contribution is 14.0. The maximum atomic E-state index is 11.6. The smallest absolute Gasteiger partial charge is 0.191 e. The molecular weight excluding hydrogens is 453 g/mol. The van der Waals surface area contributed by atoms with Gasteiger partial charge in [-0.1, -0.05) is 12.8 Å². The molecule has 4 aliphatic rings. The lowest BCUT2D eigenvalue weighted by molar-refractivity contribution is -0.125. The first-order valence-electron chi connectivity index (χ1n) is 9.33. The molecule has 8 heteroatoms. The van der Waals surface area contributed by atoms with Crippen LogP contribution in [0.15, 0.2) is 4.99 Å². The number of nitrogens with one attached hydrogen (secondary N) is 2. The molecule has 144 valence electrons. The minimum atomic E-state index is -2.81. The number of halogens is 1. The number of hydrogen-bond acceptors (Lipinski definition) is 4. The van der Waals surface area contributed by atoms with E-state index in [0.29, 0.717) is 41.5 Å². The molecular formula is C17H30IN3O3S. The summed E-state index contributed by atoms with van der Waals surface area (Å²) in [6.07, 6.45) is 7.46. The molecule has 4 fully saturated rings. The summed E-state index contributed by atoms with van der Waals surface area (Å²) in [4.78, 5) is 4.38. The second kappa shape index (κ2) is 7.50. The third-order valence-corrected chi connectivity index (χ3v) is 8.52. The quantitative estimate of drug-likeness (QED) is 0.362. The standard InChI is InChI=1S/C17H29N3O3S.HI/c1-18-16(19-10-12-5-9-24(21,22)11-12)20-14-13-4-8-23-15(13)17(14)6-2-3-7-17;/h12-15H,2-11H2,1H3,(H2,18,19,20);1H. The molecule has 0 aromatic carbocycles. The second-order valence-corrected chi connectivity index (χ2v) is 10.3. The summed E-state index contributed by atoms with van der Waals surface area (Å²) in [5.41, 5.74) is 0.301. The molecule has 0 radical (unpaired) electrons. The first kappa shape index (κ1) is 19.7. The molecule has 2 heterocycles. The summed E-state index contributed by atoms with van der Waals surface area (Å²) in [6, 6.07) is 0.450. The first-order chi connectivity index (χ1) is 11.5. The van der Waals surface area contributed by atoms with Gasteiger partial charge < -0.3 is 15.4 Å². The van der Waals surface area contributed by atoms with E-state index in [9.17, 15) is 8.42 Å². The predicted octanol–water partition coefficient (Wildman–Crippen LogP) is 1.55. The Morgan fingerprint density at radius 1 is 1.28 bits per heavy atom. The molecule has 4 atom stereocenters. The molecule has 0 aromatic rings. The van der Waals surface area contributed by atoms with E-state index >= 15 is 0 Å². The van der Waals surface area contributed by atoms with Crippen LogP contribution in [0.2, 0.25) is 0 Å². The van der Waals surface area contributed by atoms with Crippen LogP contribution in [0.25, 0.3) is 0 Å². The predicted molar refractivity (Wildman–Crippen MR) is 109 cm³/mol. The molecule has 0 amide bonds. The third kappa shape index (κ3) is 3.54. The number of rotatable bonds is 3. The van der Waals surface area contributed by atoms with Crippen LogP contribution in [-0.4, -0.2) is 58.2 Å². The zero-order valence-electron chi connectivity index (χ0n) is 14.9. The average molecular weight is 483 g/mol. The van der Waals surface area contributed by atoms with E-state index in [0.717, 1.165) is 25.4 Å². The van der Waals surface area contributed by atoms with Crippen LogP contribution < -0.4 is 10.6 Å². The maximum absolute atomic E-state index is 11.6. The van der Waals surface area contributed by atoms with Crippen LogP contribution in [0.4, 0.5) is 0 Å². The van der Waals surface area contributed by atoms with Crippen molar-refractivity contribution in [3.63, 3.8) is 0 Å². The largest absolute Gasteiger partial charge is 0.377 e. The van der Waals surface area contributed by atoms with Gasteiger partial charge in [-0.2, -0.15) is 0 Å².